The summed E-state index contributed by atoms with van der Waals surface area (Å²) in [6.07, 6.45) is 2.55. The van der Waals surface area contributed by atoms with Gasteiger partial charge >= 0.3 is 0 Å². The molecule has 0 radical (unpaired) electrons. The van der Waals surface area contributed by atoms with E-state index in [0.29, 0.717) is 12.0 Å². The highest BCUT2D eigenvalue weighted by molar-refractivity contribution is 5.40. The van der Waals surface area contributed by atoms with Crippen molar-refractivity contribution in [3.8, 4) is 11.5 Å². The van der Waals surface area contributed by atoms with Crippen LogP contribution in [0.25, 0.3) is 0 Å². The molecule has 1 unspecified atom stereocenters. The number of nitrogens with zero attached hydrogens (tertiary/aromatic N) is 1. The van der Waals surface area contributed by atoms with Gasteiger partial charge in [-0.1, -0.05) is 6.07 Å². The number of hydrogen-bond donors (Lipinski definition) is 3. The van der Waals surface area contributed by atoms with Crippen LogP contribution in [-0.4, -0.2) is 40.8 Å². The first-order valence-electron chi connectivity index (χ1n) is 7.52. The van der Waals surface area contributed by atoms with E-state index in [2.05, 4.69) is 24.1 Å². The van der Waals surface area contributed by atoms with E-state index in [1.54, 1.807) is 12.1 Å². The minimum atomic E-state index is -0.0543. The van der Waals surface area contributed by atoms with Gasteiger partial charge in [0.05, 0.1) is 0 Å². The van der Waals surface area contributed by atoms with E-state index in [-0.39, 0.29) is 11.5 Å². The molecule has 0 amide bonds. The van der Waals surface area contributed by atoms with Crippen LogP contribution in [0, 0.1) is 5.92 Å². The average Bonchev–Trinajstić information content (AvgIpc) is 2.43. The lowest BCUT2D eigenvalue weighted by molar-refractivity contribution is 0.163. The Labute approximate surface area is 121 Å². The molecule has 3 N–H and O–H groups in total. The second kappa shape index (κ2) is 6.95. The molecule has 1 heterocycles. The van der Waals surface area contributed by atoms with Crippen molar-refractivity contribution >= 4 is 0 Å². The highest BCUT2D eigenvalue weighted by atomic mass is 16.3. The molecule has 0 aromatic heterocycles. The van der Waals surface area contributed by atoms with Crippen molar-refractivity contribution in [2.24, 2.45) is 5.92 Å². The minimum absolute atomic E-state index is 0.0365. The van der Waals surface area contributed by atoms with Gasteiger partial charge in [-0.2, -0.15) is 0 Å². The highest BCUT2D eigenvalue weighted by Crippen LogP contribution is 2.26. The first-order chi connectivity index (χ1) is 9.56. The molecule has 112 valence electrons. The van der Waals surface area contributed by atoms with Crippen LogP contribution >= 0.6 is 0 Å². The van der Waals surface area contributed by atoms with E-state index in [1.807, 2.05) is 6.07 Å². The fraction of sp³-hybridized carbons (Fsp3) is 0.625. The molecular weight excluding hydrogens is 252 g/mol. The van der Waals surface area contributed by atoms with Crippen molar-refractivity contribution in [3.63, 3.8) is 0 Å². The summed E-state index contributed by atoms with van der Waals surface area (Å²) in [6, 6.07) is 5.56. The van der Waals surface area contributed by atoms with Crippen LogP contribution in [0.5, 0.6) is 11.5 Å². The summed E-state index contributed by atoms with van der Waals surface area (Å²) in [5.74, 6) is 0.615. The van der Waals surface area contributed by atoms with Gasteiger partial charge in [-0.15, -0.1) is 0 Å². The van der Waals surface area contributed by atoms with Crippen molar-refractivity contribution in [2.45, 2.75) is 39.3 Å². The summed E-state index contributed by atoms with van der Waals surface area (Å²) in [5, 5.41) is 22.4. The van der Waals surface area contributed by atoms with Gasteiger partial charge in [-0.25, -0.2) is 0 Å². The molecule has 1 aromatic carbocycles. The fourth-order valence-corrected chi connectivity index (χ4v) is 2.77. The number of phenolic OH excluding ortho intramolecular Hbond substituents is 2. The maximum Gasteiger partial charge on any atom is 0.157 e. The summed E-state index contributed by atoms with van der Waals surface area (Å²) < 4.78 is 0. The lowest BCUT2D eigenvalue weighted by Crippen LogP contribution is -2.40. The van der Waals surface area contributed by atoms with Gasteiger partial charge in [0, 0.05) is 19.1 Å². The molecular formula is C16H26N2O2. The summed E-state index contributed by atoms with van der Waals surface area (Å²) in [7, 11) is 0. The number of rotatable bonds is 5. The normalized spacial score (nSPS) is 19.7. The third-order valence-electron chi connectivity index (χ3n) is 4.05. The van der Waals surface area contributed by atoms with Crippen molar-refractivity contribution in [3.05, 3.63) is 23.8 Å². The molecule has 1 fully saturated rings. The lowest BCUT2D eigenvalue weighted by Gasteiger charge is -2.32. The third kappa shape index (κ3) is 4.12. The second-order valence-corrected chi connectivity index (χ2v) is 6.06. The van der Waals surface area contributed by atoms with E-state index >= 15 is 0 Å². The van der Waals surface area contributed by atoms with Crippen molar-refractivity contribution in [1.29, 1.82) is 0 Å². The van der Waals surface area contributed by atoms with E-state index < -0.39 is 0 Å². The van der Waals surface area contributed by atoms with Gasteiger partial charge in [0.25, 0.3) is 0 Å². The number of hydrogen-bond acceptors (Lipinski definition) is 4. The first kappa shape index (κ1) is 15.1. The number of nitrogens with one attached hydrogen (secondary N) is 1. The predicted molar refractivity (Wildman–Crippen MR) is 80.9 cm³/mol. The average molecular weight is 278 g/mol. The van der Waals surface area contributed by atoms with Crippen molar-refractivity contribution < 1.29 is 10.2 Å². The smallest absolute Gasteiger partial charge is 0.157 e. The Hall–Kier alpha value is -1.26. The molecule has 1 aliphatic heterocycles. The molecule has 2 rings (SSSR count). The Kier molecular flexibility index (Phi) is 5.26. The van der Waals surface area contributed by atoms with E-state index in [4.69, 9.17) is 0 Å². The van der Waals surface area contributed by atoms with Gasteiger partial charge < -0.3 is 15.5 Å². The third-order valence-corrected chi connectivity index (χ3v) is 4.05. The van der Waals surface area contributed by atoms with E-state index in [9.17, 15) is 10.2 Å². The molecule has 0 spiro atoms. The molecule has 20 heavy (non-hydrogen) atoms. The fourth-order valence-electron chi connectivity index (χ4n) is 2.77. The molecule has 0 aliphatic carbocycles. The van der Waals surface area contributed by atoms with Crippen LogP contribution in [0.3, 0.4) is 0 Å². The zero-order chi connectivity index (χ0) is 14.5. The van der Waals surface area contributed by atoms with E-state index in [0.717, 1.165) is 31.7 Å². The number of aromatic hydroxyl groups is 2. The van der Waals surface area contributed by atoms with Gasteiger partial charge in [0.15, 0.2) is 11.5 Å². The first-order valence-corrected chi connectivity index (χ1v) is 7.52. The number of phenols is 2. The Morgan fingerprint density at radius 3 is 2.70 bits per heavy atom. The van der Waals surface area contributed by atoms with Gasteiger partial charge in [0.1, 0.15) is 0 Å². The standard InChI is InChI=1S/C16H26N2O2/c1-12(2)18(11-14-4-3-7-17-9-14)10-13-5-6-15(19)16(20)8-13/h5-6,8,12,14,17,19-20H,3-4,7,9-11H2,1-2H3. The minimum Gasteiger partial charge on any atom is -0.504 e. The summed E-state index contributed by atoms with van der Waals surface area (Å²) in [5.41, 5.74) is 1.04. The quantitative estimate of drug-likeness (QED) is 0.724. The molecule has 1 aliphatic rings. The maximum absolute atomic E-state index is 9.59. The summed E-state index contributed by atoms with van der Waals surface area (Å²) >= 11 is 0. The maximum atomic E-state index is 9.59. The Morgan fingerprint density at radius 1 is 1.30 bits per heavy atom. The molecule has 1 saturated heterocycles. The van der Waals surface area contributed by atoms with Crippen LogP contribution < -0.4 is 5.32 Å². The zero-order valence-corrected chi connectivity index (χ0v) is 12.5. The molecule has 0 bridgehead atoms. The molecule has 0 saturated carbocycles. The van der Waals surface area contributed by atoms with Gasteiger partial charge in [-0.3, -0.25) is 4.90 Å². The SMILES string of the molecule is CC(C)N(Cc1ccc(O)c(O)c1)CC1CCCNC1. The zero-order valence-electron chi connectivity index (χ0n) is 12.5. The summed E-state index contributed by atoms with van der Waals surface area (Å²) in [6.45, 7) is 8.54. The van der Waals surface area contributed by atoms with Crippen molar-refractivity contribution in [2.75, 3.05) is 19.6 Å². The topological polar surface area (TPSA) is 55.7 Å². The van der Waals surface area contributed by atoms with Gasteiger partial charge in [0.2, 0.25) is 0 Å². The summed E-state index contributed by atoms with van der Waals surface area (Å²) in [4.78, 5) is 2.43. The second-order valence-electron chi connectivity index (χ2n) is 6.06. The highest BCUT2D eigenvalue weighted by Gasteiger charge is 2.19. The number of benzene rings is 1. The van der Waals surface area contributed by atoms with Crippen LogP contribution in [0.4, 0.5) is 0 Å². The largest absolute Gasteiger partial charge is 0.504 e. The Morgan fingerprint density at radius 2 is 2.10 bits per heavy atom. The predicted octanol–water partition coefficient (Wildman–Crippen LogP) is 2.31. The van der Waals surface area contributed by atoms with Crippen molar-refractivity contribution in [1.82, 2.24) is 10.2 Å². The van der Waals surface area contributed by atoms with Crippen LogP contribution in [-0.2, 0) is 6.54 Å². The monoisotopic (exact) mass is 278 g/mol. The Bertz CT molecular complexity index is 428. The molecule has 4 nitrogen and oxygen atoms in total. The van der Waals surface area contributed by atoms with Gasteiger partial charge in [-0.05, 0) is 63.4 Å². The molecule has 1 aromatic rings. The van der Waals surface area contributed by atoms with E-state index in [1.165, 1.54) is 12.8 Å². The van der Waals surface area contributed by atoms with Crippen LogP contribution in [0.1, 0.15) is 32.3 Å². The lowest BCUT2D eigenvalue weighted by atomic mass is 9.98. The Balaban J connectivity index is 1.99. The molecule has 4 heteroatoms. The molecule has 1 atom stereocenters. The van der Waals surface area contributed by atoms with Crippen LogP contribution in [0.15, 0.2) is 18.2 Å². The van der Waals surface area contributed by atoms with Crippen LogP contribution in [0.2, 0.25) is 0 Å². The number of piperidine rings is 1.